The summed E-state index contributed by atoms with van der Waals surface area (Å²) in [5.41, 5.74) is 0.213. The van der Waals surface area contributed by atoms with Crippen molar-refractivity contribution in [3.63, 3.8) is 0 Å². The molecule has 0 heterocycles. The molecule has 0 saturated carbocycles. The van der Waals surface area contributed by atoms with Crippen LogP contribution in [0, 0.1) is 0 Å². The Morgan fingerprint density at radius 1 is 0.886 bits per heavy atom. The van der Waals surface area contributed by atoms with Gasteiger partial charge in [0.05, 0.1) is 6.61 Å². The molecular weight excluding hydrogens is 463 g/mol. The van der Waals surface area contributed by atoms with Gasteiger partial charge in [0.15, 0.2) is 12.4 Å². The third-order valence-electron chi connectivity index (χ3n) is 5.94. The fourth-order valence-corrected chi connectivity index (χ4v) is 6.53. The van der Waals surface area contributed by atoms with E-state index < -0.39 is 25.6 Å². The monoisotopic (exact) mass is 490 g/mol. The molecule has 180 valence electrons. The summed E-state index contributed by atoms with van der Waals surface area (Å²) in [4.78, 5) is 25.1. The van der Waals surface area contributed by atoms with Gasteiger partial charge < -0.3 is 14.4 Å². The van der Waals surface area contributed by atoms with Crippen molar-refractivity contribution in [1.29, 1.82) is 0 Å². The van der Waals surface area contributed by atoms with E-state index in [1.54, 1.807) is 13.0 Å². The first kappa shape index (κ1) is 24.6. The van der Waals surface area contributed by atoms with Gasteiger partial charge in [-0.05, 0) is 28.6 Å². The predicted octanol–water partition coefficient (Wildman–Crippen LogP) is 6.25. The van der Waals surface area contributed by atoms with E-state index in [2.05, 4.69) is 0 Å². The molecule has 0 aromatic heterocycles. The summed E-state index contributed by atoms with van der Waals surface area (Å²) < 4.78 is 25.1. The van der Waals surface area contributed by atoms with Crippen molar-refractivity contribution in [2.75, 3.05) is 19.9 Å². The summed E-state index contributed by atoms with van der Waals surface area (Å²) in [6, 6.07) is 24.3. The Morgan fingerprint density at radius 3 is 2.20 bits per heavy atom. The van der Waals surface area contributed by atoms with Gasteiger partial charge in [0.2, 0.25) is 7.37 Å². The highest BCUT2D eigenvalue weighted by molar-refractivity contribution is 7.59. The maximum absolute atomic E-state index is 13.9. The molecule has 0 aliphatic carbocycles. The molecule has 4 aromatic rings. The van der Waals surface area contributed by atoms with Crippen LogP contribution in [0.5, 0.6) is 5.75 Å². The highest BCUT2D eigenvalue weighted by Gasteiger charge is 2.38. The summed E-state index contributed by atoms with van der Waals surface area (Å²) in [6.45, 7) is 2.93. The zero-order valence-electron chi connectivity index (χ0n) is 19.6. The van der Waals surface area contributed by atoms with Gasteiger partial charge in [-0.1, -0.05) is 78.9 Å². The Morgan fingerprint density at radius 2 is 1.51 bits per heavy atom. The van der Waals surface area contributed by atoms with E-state index in [0.29, 0.717) is 22.3 Å². The summed E-state index contributed by atoms with van der Waals surface area (Å²) in [7, 11) is -3.40. The number of aliphatic carboxylic acids is 1. The molecule has 0 fully saturated rings. The van der Waals surface area contributed by atoms with Crippen molar-refractivity contribution in [2.45, 2.75) is 19.0 Å². The van der Waals surface area contributed by atoms with Crippen molar-refractivity contribution in [1.82, 2.24) is 0 Å². The van der Waals surface area contributed by atoms with E-state index in [9.17, 15) is 19.3 Å². The van der Waals surface area contributed by atoms with E-state index in [1.165, 1.54) is 6.66 Å². The highest BCUT2D eigenvalue weighted by atomic mass is 31.2. The number of carboxylic acid groups (broad SMARTS) is 1. The second-order valence-electron chi connectivity index (χ2n) is 8.40. The summed E-state index contributed by atoms with van der Waals surface area (Å²) in [5, 5.41) is 12.5. The van der Waals surface area contributed by atoms with Crippen molar-refractivity contribution in [2.24, 2.45) is 0 Å². The third-order valence-corrected chi connectivity index (χ3v) is 8.22. The number of carbonyl (C=O) groups excluding carboxylic acids is 1. The Balaban J connectivity index is 1.81. The molecule has 2 atom stereocenters. The van der Waals surface area contributed by atoms with Crippen LogP contribution >= 0.6 is 7.37 Å². The molecule has 1 N–H and O–H groups in total. The van der Waals surface area contributed by atoms with Gasteiger partial charge in [-0.15, -0.1) is 0 Å². The molecule has 0 saturated heterocycles. The number of benzene rings is 4. The van der Waals surface area contributed by atoms with Crippen LogP contribution in [0.15, 0.2) is 78.9 Å². The van der Waals surface area contributed by atoms with Crippen LogP contribution in [0.4, 0.5) is 0 Å². The fourth-order valence-electron chi connectivity index (χ4n) is 4.52. The van der Waals surface area contributed by atoms with Crippen LogP contribution < -0.4 is 4.74 Å². The maximum Gasteiger partial charge on any atom is 0.341 e. The van der Waals surface area contributed by atoms with Gasteiger partial charge >= 0.3 is 5.97 Å². The van der Waals surface area contributed by atoms with Gasteiger partial charge in [-0.2, -0.15) is 0 Å². The SMILES string of the molecule is CCOP(C)(=O)C(C(=O)Cc1ccc2ccccc2c1OCC(=O)O)c1cccc2ccccc12. The van der Waals surface area contributed by atoms with Gasteiger partial charge in [0.25, 0.3) is 0 Å². The minimum Gasteiger partial charge on any atom is -0.481 e. The highest BCUT2D eigenvalue weighted by Crippen LogP contribution is 2.58. The van der Waals surface area contributed by atoms with E-state index in [4.69, 9.17) is 9.26 Å². The first-order valence-corrected chi connectivity index (χ1v) is 13.5. The van der Waals surface area contributed by atoms with Crippen LogP contribution in [-0.4, -0.2) is 36.7 Å². The lowest BCUT2D eigenvalue weighted by Gasteiger charge is -2.25. The smallest absolute Gasteiger partial charge is 0.341 e. The zero-order valence-corrected chi connectivity index (χ0v) is 20.5. The van der Waals surface area contributed by atoms with Crippen molar-refractivity contribution in [3.8, 4) is 5.75 Å². The number of hydrogen-bond donors (Lipinski definition) is 1. The van der Waals surface area contributed by atoms with Gasteiger partial charge in [0.1, 0.15) is 11.4 Å². The fraction of sp³-hybridized carbons (Fsp3) is 0.214. The molecular formula is C28H27O6P. The molecule has 0 aliphatic heterocycles. The number of ketones is 1. The van der Waals surface area contributed by atoms with Crippen LogP contribution in [-0.2, 0) is 25.1 Å². The molecule has 6 nitrogen and oxygen atoms in total. The summed E-state index contributed by atoms with van der Waals surface area (Å²) in [6.07, 6.45) is -0.0847. The molecule has 4 aromatic carbocycles. The Kier molecular flexibility index (Phi) is 7.34. The second kappa shape index (κ2) is 10.4. The predicted molar refractivity (Wildman–Crippen MR) is 138 cm³/mol. The standard InChI is InChI=1S/C28H27O6P/c1-3-34-35(2,32)28(24-14-8-11-19-9-4-6-12-22(19)24)25(29)17-21-16-15-20-10-5-7-13-23(20)27(21)33-18-26(30)31/h4-16,28H,3,17-18H2,1-2H3,(H,30,31). The lowest BCUT2D eigenvalue weighted by Crippen LogP contribution is -2.18. The Bertz CT molecular complexity index is 1440. The van der Waals surface area contributed by atoms with Crippen LogP contribution in [0.25, 0.3) is 21.5 Å². The van der Waals surface area contributed by atoms with Crippen LogP contribution in [0.3, 0.4) is 0 Å². The molecule has 4 rings (SSSR count). The normalized spacial score (nSPS) is 13.9. The minimum atomic E-state index is -3.40. The molecule has 0 spiro atoms. The molecule has 7 heteroatoms. The molecule has 0 bridgehead atoms. The molecule has 35 heavy (non-hydrogen) atoms. The van der Waals surface area contributed by atoms with Crippen molar-refractivity contribution in [3.05, 3.63) is 90.0 Å². The number of carboxylic acids is 1. The quantitative estimate of drug-likeness (QED) is 0.264. The van der Waals surface area contributed by atoms with Crippen molar-refractivity contribution < 1.29 is 28.5 Å². The van der Waals surface area contributed by atoms with E-state index in [0.717, 1.165) is 16.2 Å². The zero-order chi connectivity index (χ0) is 25.0. The average Bonchev–Trinajstić information content (AvgIpc) is 2.83. The third kappa shape index (κ3) is 5.29. The number of ether oxygens (including phenoxy) is 1. The van der Waals surface area contributed by atoms with Gasteiger partial charge in [0, 0.05) is 24.0 Å². The average molecular weight is 490 g/mol. The lowest BCUT2D eigenvalue weighted by atomic mass is 9.95. The maximum atomic E-state index is 13.9. The largest absolute Gasteiger partial charge is 0.481 e. The number of rotatable bonds is 10. The number of hydrogen-bond acceptors (Lipinski definition) is 5. The second-order valence-corrected chi connectivity index (χ2v) is 11.0. The van der Waals surface area contributed by atoms with E-state index >= 15 is 0 Å². The molecule has 2 unspecified atom stereocenters. The van der Waals surface area contributed by atoms with Crippen LogP contribution in [0.1, 0.15) is 23.7 Å². The Labute approximate surface area is 203 Å². The summed E-state index contributed by atoms with van der Waals surface area (Å²) >= 11 is 0. The summed E-state index contributed by atoms with van der Waals surface area (Å²) in [5.74, 6) is -1.05. The molecule has 0 radical (unpaired) electrons. The molecule has 0 amide bonds. The molecule has 0 aliphatic rings. The van der Waals surface area contributed by atoms with E-state index in [1.807, 2.05) is 72.8 Å². The minimum absolute atomic E-state index is 0.0847. The van der Waals surface area contributed by atoms with E-state index in [-0.39, 0.29) is 18.8 Å². The van der Waals surface area contributed by atoms with Crippen LogP contribution in [0.2, 0.25) is 0 Å². The Hall–Kier alpha value is -3.47. The lowest BCUT2D eigenvalue weighted by molar-refractivity contribution is -0.139. The number of Topliss-reactive ketones (excluding diaryl/α,β-unsaturated/α-hetero) is 1. The number of carbonyl (C=O) groups is 2. The topological polar surface area (TPSA) is 89.9 Å². The first-order chi connectivity index (χ1) is 16.8. The number of fused-ring (bicyclic) bond motifs is 2. The van der Waals surface area contributed by atoms with Crippen molar-refractivity contribution >= 4 is 40.7 Å². The van der Waals surface area contributed by atoms with Gasteiger partial charge in [-0.25, -0.2) is 4.79 Å². The first-order valence-electron chi connectivity index (χ1n) is 11.4. The van der Waals surface area contributed by atoms with Gasteiger partial charge in [-0.3, -0.25) is 9.36 Å².